The molecule has 0 aliphatic carbocycles. The molecule has 0 radical (unpaired) electrons. The van der Waals surface area contributed by atoms with Crippen molar-refractivity contribution in [3.63, 3.8) is 0 Å². The van der Waals surface area contributed by atoms with Gasteiger partial charge in [-0.05, 0) is 44.0 Å². The quantitative estimate of drug-likeness (QED) is 0.872. The average molecular weight is 259 g/mol. The normalized spacial score (nSPS) is 20.1. The summed E-state index contributed by atoms with van der Waals surface area (Å²) < 4.78 is 38.1. The minimum atomic E-state index is -4.36. The van der Waals surface area contributed by atoms with E-state index in [0.29, 0.717) is 12.5 Å². The van der Waals surface area contributed by atoms with Gasteiger partial charge in [0.15, 0.2) is 0 Å². The number of nitrogens with one attached hydrogen (secondary N) is 2. The minimum Gasteiger partial charge on any atom is -0.370 e. The van der Waals surface area contributed by atoms with Crippen molar-refractivity contribution in [1.82, 2.24) is 10.3 Å². The summed E-state index contributed by atoms with van der Waals surface area (Å²) in [5, 5.41) is 6.02. The first kappa shape index (κ1) is 13.1. The summed E-state index contributed by atoms with van der Waals surface area (Å²) >= 11 is 0. The van der Waals surface area contributed by atoms with Gasteiger partial charge in [0.1, 0.15) is 5.82 Å². The molecule has 1 aromatic rings. The van der Waals surface area contributed by atoms with E-state index in [0.717, 1.165) is 32.0 Å². The van der Waals surface area contributed by atoms with Crippen LogP contribution >= 0.6 is 0 Å². The molecule has 1 unspecified atom stereocenters. The number of halogens is 3. The summed E-state index contributed by atoms with van der Waals surface area (Å²) in [4.78, 5) is 3.76. The maximum Gasteiger partial charge on any atom is 0.419 e. The van der Waals surface area contributed by atoms with Gasteiger partial charge >= 0.3 is 6.18 Å². The third-order valence-electron chi connectivity index (χ3n) is 3.12. The number of hydrogen-bond donors (Lipinski definition) is 2. The number of alkyl halides is 3. The van der Waals surface area contributed by atoms with Crippen LogP contribution in [0, 0.1) is 5.92 Å². The van der Waals surface area contributed by atoms with Crippen LogP contribution in [-0.4, -0.2) is 24.6 Å². The summed E-state index contributed by atoms with van der Waals surface area (Å²) in [7, 11) is 0. The van der Waals surface area contributed by atoms with Gasteiger partial charge in [-0.15, -0.1) is 0 Å². The molecule has 0 bridgehead atoms. The lowest BCUT2D eigenvalue weighted by Gasteiger charge is -2.14. The van der Waals surface area contributed by atoms with Crippen molar-refractivity contribution < 1.29 is 13.2 Å². The lowest BCUT2D eigenvalue weighted by molar-refractivity contribution is -0.137. The molecule has 2 rings (SSSR count). The number of nitrogens with zero attached hydrogens (tertiary/aromatic N) is 1. The van der Waals surface area contributed by atoms with E-state index in [4.69, 9.17) is 0 Å². The van der Waals surface area contributed by atoms with Gasteiger partial charge in [-0.2, -0.15) is 13.2 Å². The Morgan fingerprint density at radius 1 is 1.44 bits per heavy atom. The van der Waals surface area contributed by atoms with Gasteiger partial charge in [0, 0.05) is 12.7 Å². The van der Waals surface area contributed by atoms with Gasteiger partial charge in [0.2, 0.25) is 0 Å². The maximum atomic E-state index is 12.7. The van der Waals surface area contributed by atoms with Crippen LogP contribution in [0.1, 0.15) is 18.4 Å². The third-order valence-corrected chi connectivity index (χ3v) is 3.12. The first-order chi connectivity index (χ1) is 8.57. The molecule has 0 aromatic carbocycles. The summed E-state index contributed by atoms with van der Waals surface area (Å²) in [6.45, 7) is 2.48. The molecule has 6 heteroatoms. The summed E-state index contributed by atoms with van der Waals surface area (Å²) in [5.74, 6) is 0.478. The van der Waals surface area contributed by atoms with E-state index in [-0.39, 0.29) is 5.82 Å². The fourth-order valence-corrected chi connectivity index (χ4v) is 2.13. The third kappa shape index (κ3) is 3.35. The highest BCUT2D eigenvalue weighted by Gasteiger charge is 2.33. The Hall–Kier alpha value is -1.30. The van der Waals surface area contributed by atoms with Crippen molar-refractivity contribution >= 4 is 5.82 Å². The van der Waals surface area contributed by atoms with Crippen LogP contribution < -0.4 is 10.6 Å². The highest BCUT2D eigenvalue weighted by atomic mass is 19.4. The highest BCUT2D eigenvalue weighted by Crippen LogP contribution is 2.33. The van der Waals surface area contributed by atoms with Crippen LogP contribution in [0.3, 0.4) is 0 Å². The van der Waals surface area contributed by atoms with E-state index in [1.807, 2.05) is 0 Å². The molecule has 100 valence electrons. The molecular weight excluding hydrogens is 243 g/mol. The second-order valence-corrected chi connectivity index (χ2v) is 4.47. The van der Waals surface area contributed by atoms with Crippen molar-refractivity contribution in [3.05, 3.63) is 23.9 Å². The second-order valence-electron chi connectivity index (χ2n) is 4.47. The molecule has 1 atom stereocenters. The average Bonchev–Trinajstić information content (AvgIpc) is 2.81. The molecule has 0 spiro atoms. The molecule has 18 heavy (non-hydrogen) atoms. The topological polar surface area (TPSA) is 37.0 Å². The van der Waals surface area contributed by atoms with Crippen molar-refractivity contribution in [3.8, 4) is 0 Å². The Bertz CT molecular complexity index is 386. The zero-order chi connectivity index (χ0) is 13.0. The number of anilines is 1. The fourth-order valence-electron chi connectivity index (χ4n) is 2.13. The van der Waals surface area contributed by atoms with Gasteiger partial charge in [0.25, 0.3) is 0 Å². The SMILES string of the molecule is FC(F)(F)c1cccnc1NCCC1CCNC1. The number of rotatable bonds is 4. The fraction of sp³-hybridized carbons (Fsp3) is 0.583. The standard InChI is InChI=1S/C12H16F3N3/c13-12(14,15)10-2-1-5-17-11(10)18-7-4-9-3-6-16-8-9/h1-2,5,9,16H,3-4,6-8H2,(H,17,18). The Labute approximate surface area is 104 Å². The molecule has 0 saturated carbocycles. The lowest BCUT2D eigenvalue weighted by Crippen LogP contribution is -2.16. The molecule has 1 aromatic heterocycles. The summed E-state index contributed by atoms with van der Waals surface area (Å²) in [6, 6.07) is 2.35. The molecule has 0 amide bonds. The van der Waals surface area contributed by atoms with Crippen LogP contribution in [0.2, 0.25) is 0 Å². The Morgan fingerprint density at radius 2 is 2.28 bits per heavy atom. The van der Waals surface area contributed by atoms with E-state index in [2.05, 4.69) is 15.6 Å². The van der Waals surface area contributed by atoms with E-state index < -0.39 is 11.7 Å². The maximum absolute atomic E-state index is 12.7. The van der Waals surface area contributed by atoms with Crippen LogP contribution in [0.15, 0.2) is 18.3 Å². The van der Waals surface area contributed by atoms with Crippen molar-refractivity contribution in [1.29, 1.82) is 0 Å². The molecule has 2 heterocycles. The molecule has 2 N–H and O–H groups in total. The van der Waals surface area contributed by atoms with Gasteiger partial charge in [-0.3, -0.25) is 0 Å². The molecule has 3 nitrogen and oxygen atoms in total. The highest BCUT2D eigenvalue weighted by molar-refractivity contribution is 5.45. The van der Waals surface area contributed by atoms with Crippen LogP contribution in [0.4, 0.5) is 19.0 Å². The molecular formula is C12H16F3N3. The largest absolute Gasteiger partial charge is 0.419 e. The van der Waals surface area contributed by atoms with Crippen molar-refractivity contribution in [2.24, 2.45) is 5.92 Å². The number of pyridine rings is 1. The zero-order valence-corrected chi connectivity index (χ0v) is 9.93. The zero-order valence-electron chi connectivity index (χ0n) is 9.93. The van der Waals surface area contributed by atoms with Gasteiger partial charge < -0.3 is 10.6 Å². The lowest BCUT2D eigenvalue weighted by atomic mass is 10.1. The summed E-state index contributed by atoms with van der Waals surface area (Å²) in [5.41, 5.74) is -0.699. The predicted octanol–water partition coefficient (Wildman–Crippen LogP) is 2.51. The summed E-state index contributed by atoms with van der Waals surface area (Å²) in [6.07, 6.45) is -1.03. The first-order valence-electron chi connectivity index (χ1n) is 6.04. The Balaban J connectivity index is 1.92. The minimum absolute atomic E-state index is 0.0732. The molecule has 1 aliphatic rings. The molecule has 1 saturated heterocycles. The number of aromatic nitrogens is 1. The Morgan fingerprint density at radius 3 is 2.94 bits per heavy atom. The Kier molecular flexibility index (Phi) is 4.06. The molecule has 1 aliphatic heterocycles. The van der Waals surface area contributed by atoms with E-state index in [1.54, 1.807) is 0 Å². The van der Waals surface area contributed by atoms with Crippen LogP contribution in [0.25, 0.3) is 0 Å². The smallest absolute Gasteiger partial charge is 0.370 e. The van der Waals surface area contributed by atoms with Gasteiger partial charge in [0.05, 0.1) is 5.56 Å². The van der Waals surface area contributed by atoms with Crippen LogP contribution in [0.5, 0.6) is 0 Å². The van der Waals surface area contributed by atoms with Gasteiger partial charge in [-0.25, -0.2) is 4.98 Å². The van der Waals surface area contributed by atoms with E-state index in [9.17, 15) is 13.2 Å². The van der Waals surface area contributed by atoms with E-state index >= 15 is 0 Å². The monoisotopic (exact) mass is 259 g/mol. The number of hydrogen-bond acceptors (Lipinski definition) is 3. The second kappa shape index (κ2) is 5.56. The van der Waals surface area contributed by atoms with Crippen molar-refractivity contribution in [2.45, 2.75) is 19.0 Å². The molecule has 1 fully saturated rings. The van der Waals surface area contributed by atoms with Crippen LogP contribution in [-0.2, 0) is 6.18 Å². The van der Waals surface area contributed by atoms with E-state index in [1.165, 1.54) is 12.3 Å². The van der Waals surface area contributed by atoms with Crippen molar-refractivity contribution in [2.75, 3.05) is 25.0 Å². The first-order valence-corrected chi connectivity index (χ1v) is 6.04. The predicted molar refractivity (Wildman–Crippen MR) is 63.3 cm³/mol. The van der Waals surface area contributed by atoms with Gasteiger partial charge in [-0.1, -0.05) is 0 Å².